The van der Waals surface area contributed by atoms with Gasteiger partial charge in [-0.25, -0.2) is 0 Å². The predicted octanol–water partition coefficient (Wildman–Crippen LogP) is 2.61. The summed E-state index contributed by atoms with van der Waals surface area (Å²) in [5.41, 5.74) is 3.15. The summed E-state index contributed by atoms with van der Waals surface area (Å²) in [6, 6.07) is 6.58. The van der Waals surface area contributed by atoms with E-state index in [1.807, 2.05) is 6.92 Å². The lowest BCUT2D eigenvalue weighted by Gasteiger charge is -2.07. The zero-order chi connectivity index (χ0) is 13.7. The maximum absolute atomic E-state index is 12.0. The summed E-state index contributed by atoms with van der Waals surface area (Å²) in [5, 5.41) is 10.1. The largest absolute Gasteiger partial charge is 0.435 e. The number of H-pyrrole nitrogens is 1. The van der Waals surface area contributed by atoms with Crippen LogP contribution in [0.5, 0.6) is 5.75 Å². The van der Waals surface area contributed by atoms with Crippen LogP contribution in [0.3, 0.4) is 0 Å². The number of rotatable bonds is 6. The smallest absolute Gasteiger partial charge is 0.387 e. The van der Waals surface area contributed by atoms with Crippen LogP contribution in [0.4, 0.5) is 8.78 Å². The van der Waals surface area contributed by atoms with Crippen LogP contribution in [0.25, 0.3) is 0 Å². The molecule has 0 radical (unpaired) electrons. The van der Waals surface area contributed by atoms with Gasteiger partial charge in [0.2, 0.25) is 0 Å². The van der Waals surface area contributed by atoms with Gasteiger partial charge in [0.05, 0.1) is 6.20 Å². The van der Waals surface area contributed by atoms with Gasteiger partial charge in [-0.3, -0.25) is 5.10 Å². The molecule has 2 aromatic rings. The Labute approximate surface area is 109 Å². The number of nitrogens with one attached hydrogen (secondary N) is 2. The van der Waals surface area contributed by atoms with E-state index in [-0.39, 0.29) is 5.75 Å². The van der Waals surface area contributed by atoms with E-state index in [4.69, 9.17) is 0 Å². The average molecular weight is 267 g/mol. The second kappa shape index (κ2) is 6.29. The molecular formula is C13H15F2N3O. The Morgan fingerprint density at radius 3 is 2.58 bits per heavy atom. The van der Waals surface area contributed by atoms with Gasteiger partial charge in [0.1, 0.15) is 5.75 Å². The lowest BCUT2D eigenvalue weighted by Crippen LogP contribution is -2.12. The Morgan fingerprint density at radius 1 is 1.26 bits per heavy atom. The van der Waals surface area contributed by atoms with E-state index < -0.39 is 6.61 Å². The number of aromatic amines is 1. The minimum Gasteiger partial charge on any atom is -0.435 e. The first-order valence-corrected chi connectivity index (χ1v) is 5.88. The van der Waals surface area contributed by atoms with Crippen molar-refractivity contribution in [1.29, 1.82) is 0 Å². The van der Waals surface area contributed by atoms with Crippen LogP contribution in [0.15, 0.2) is 30.5 Å². The van der Waals surface area contributed by atoms with Crippen molar-refractivity contribution < 1.29 is 13.5 Å². The number of alkyl halides is 2. The van der Waals surface area contributed by atoms with Gasteiger partial charge in [-0.2, -0.15) is 13.9 Å². The standard InChI is InChI=1S/C13H15F2N3O/c1-9-11(8-17-18-9)7-16-6-10-2-4-12(5-3-10)19-13(14)15/h2-5,8,13,16H,6-7H2,1H3,(H,17,18). The zero-order valence-corrected chi connectivity index (χ0v) is 10.5. The van der Waals surface area contributed by atoms with E-state index >= 15 is 0 Å². The first kappa shape index (κ1) is 13.5. The summed E-state index contributed by atoms with van der Waals surface area (Å²) < 4.78 is 28.2. The van der Waals surface area contributed by atoms with Gasteiger partial charge < -0.3 is 10.1 Å². The van der Waals surface area contributed by atoms with Gasteiger partial charge >= 0.3 is 6.61 Å². The first-order valence-electron chi connectivity index (χ1n) is 5.88. The third-order valence-corrected chi connectivity index (χ3v) is 2.73. The lowest BCUT2D eigenvalue weighted by molar-refractivity contribution is -0.0498. The topological polar surface area (TPSA) is 49.9 Å². The summed E-state index contributed by atoms with van der Waals surface area (Å²) in [6.07, 6.45) is 1.78. The van der Waals surface area contributed by atoms with Gasteiger partial charge in [0, 0.05) is 24.3 Å². The number of aromatic nitrogens is 2. The van der Waals surface area contributed by atoms with Crippen LogP contribution in [-0.4, -0.2) is 16.8 Å². The fraction of sp³-hybridized carbons (Fsp3) is 0.308. The molecular weight excluding hydrogens is 252 g/mol. The Kier molecular flexibility index (Phi) is 4.46. The van der Waals surface area contributed by atoms with Crippen molar-refractivity contribution in [3.8, 4) is 5.75 Å². The van der Waals surface area contributed by atoms with Crippen LogP contribution in [0, 0.1) is 6.92 Å². The first-order chi connectivity index (χ1) is 9.15. The van der Waals surface area contributed by atoms with Gasteiger partial charge in [-0.15, -0.1) is 0 Å². The van der Waals surface area contributed by atoms with E-state index in [2.05, 4.69) is 20.3 Å². The molecule has 1 aromatic carbocycles. The summed E-state index contributed by atoms with van der Waals surface area (Å²) in [7, 11) is 0. The third-order valence-electron chi connectivity index (χ3n) is 2.73. The van der Waals surface area contributed by atoms with E-state index in [0.717, 1.165) is 16.8 Å². The van der Waals surface area contributed by atoms with Crippen LogP contribution >= 0.6 is 0 Å². The number of ether oxygens (including phenoxy) is 1. The fourth-order valence-electron chi connectivity index (χ4n) is 1.68. The molecule has 6 heteroatoms. The van der Waals surface area contributed by atoms with E-state index in [1.54, 1.807) is 18.3 Å². The van der Waals surface area contributed by atoms with E-state index in [0.29, 0.717) is 13.1 Å². The Hall–Kier alpha value is -1.95. The third kappa shape index (κ3) is 4.03. The number of halogens is 2. The lowest BCUT2D eigenvalue weighted by atomic mass is 10.2. The summed E-state index contributed by atoms with van der Waals surface area (Å²) in [4.78, 5) is 0. The number of benzene rings is 1. The molecule has 102 valence electrons. The molecule has 1 aromatic heterocycles. The molecule has 0 bridgehead atoms. The number of hydrogen-bond donors (Lipinski definition) is 2. The molecule has 0 aliphatic rings. The Morgan fingerprint density at radius 2 is 2.00 bits per heavy atom. The number of hydrogen-bond acceptors (Lipinski definition) is 3. The highest BCUT2D eigenvalue weighted by Gasteiger charge is 2.04. The van der Waals surface area contributed by atoms with Crippen LogP contribution in [0.1, 0.15) is 16.8 Å². The highest BCUT2D eigenvalue weighted by molar-refractivity contribution is 5.27. The van der Waals surface area contributed by atoms with Crippen LogP contribution in [0.2, 0.25) is 0 Å². The van der Waals surface area contributed by atoms with Gasteiger partial charge in [-0.1, -0.05) is 12.1 Å². The monoisotopic (exact) mass is 267 g/mol. The van der Waals surface area contributed by atoms with Gasteiger partial charge in [0.25, 0.3) is 0 Å². The molecule has 0 spiro atoms. The normalized spacial score (nSPS) is 10.9. The Bertz CT molecular complexity index is 511. The summed E-state index contributed by atoms with van der Waals surface area (Å²) in [6.45, 7) is 0.533. The van der Waals surface area contributed by atoms with Crippen molar-refractivity contribution in [2.24, 2.45) is 0 Å². The molecule has 0 fully saturated rings. The quantitative estimate of drug-likeness (QED) is 0.845. The van der Waals surface area contributed by atoms with Gasteiger partial charge in [0.15, 0.2) is 0 Å². The molecule has 2 rings (SSSR count). The van der Waals surface area contributed by atoms with Crippen molar-refractivity contribution in [2.45, 2.75) is 26.6 Å². The highest BCUT2D eigenvalue weighted by Crippen LogP contribution is 2.14. The van der Waals surface area contributed by atoms with Crippen molar-refractivity contribution in [3.05, 3.63) is 47.3 Å². The molecule has 0 aliphatic heterocycles. The van der Waals surface area contributed by atoms with E-state index in [9.17, 15) is 8.78 Å². The molecule has 19 heavy (non-hydrogen) atoms. The molecule has 2 N–H and O–H groups in total. The number of nitrogens with zero attached hydrogens (tertiary/aromatic N) is 1. The van der Waals surface area contributed by atoms with Crippen molar-refractivity contribution in [2.75, 3.05) is 0 Å². The molecule has 0 aliphatic carbocycles. The molecule has 0 unspecified atom stereocenters. The Balaban J connectivity index is 1.81. The van der Waals surface area contributed by atoms with Crippen LogP contribution in [-0.2, 0) is 13.1 Å². The van der Waals surface area contributed by atoms with Crippen molar-refractivity contribution in [3.63, 3.8) is 0 Å². The summed E-state index contributed by atoms with van der Waals surface area (Å²) in [5.74, 6) is 0.171. The highest BCUT2D eigenvalue weighted by atomic mass is 19.3. The average Bonchev–Trinajstić information content (AvgIpc) is 2.77. The maximum atomic E-state index is 12.0. The number of aryl methyl sites for hydroxylation is 1. The minimum absolute atomic E-state index is 0.171. The molecule has 0 saturated carbocycles. The second-order valence-corrected chi connectivity index (χ2v) is 4.15. The maximum Gasteiger partial charge on any atom is 0.387 e. The van der Waals surface area contributed by atoms with E-state index in [1.165, 1.54) is 12.1 Å². The molecule has 0 saturated heterocycles. The van der Waals surface area contributed by atoms with Crippen molar-refractivity contribution >= 4 is 0 Å². The molecule has 4 nitrogen and oxygen atoms in total. The van der Waals surface area contributed by atoms with Crippen molar-refractivity contribution in [1.82, 2.24) is 15.5 Å². The SMILES string of the molecule is Cc1[nH]ncc1CNCc1ccc(OC(F)F)cc1. The predicted molar refractivity (Wildman–Crippen MR) is 66.9 cm³/mol. The zero-order valence-electron chi connectivity index (χ0n) is 10.5. The van der Waals surface area contributed by atoms with Gasteiger partial charge in [-0.05, 0) is 24.6 Å². The summed E-state index contributed by atoms with van der Waals surface area (Å²) >= 11 is 0. The molecule has 1 heterocycles. The molecule has 0 amide bonds. The second-order valence-electron chi connectivity index (χ2n) is 4.15. The molecule has 0 atom stereocenters. The van der Waals surface area contributed by atoms with Crippen LogP contribution < -0.4 is 10.1 Å². The fourth-order valence-corrected chi connectivity index (χ4v) is 1.68. The minimum atomic E-state index is -2.78.